The first kappa shape index (κ1) is 16.9. The van der Waals surface area contributed by atoms with Gasteiger partial charge in [-0.1, -0.05) is 48.5 Å². The third-order valence-corrected chi connectivity index (χ3v) is 4.58. The lowest BCUT2D eigenvalue weighted by Gasteiger charge is -2.09. The van der Waals surface area contributed by atoms with Crippen LogP contribution < -0.4 is 10.5 Å². The SMILES string of the molecule is NS(=O)(=O)c1cccc2cc(NC(=O)OCc3ccccc3)ccc12. The molecule has 0 aliphatic heterocycles. The fraction of sp³-hybridized carbons (Fsp3) is 0.0556. The molecule has 0 atom stereocenters. The Hall–Kier alpha value is -2.90. The highest BCUT2D eigenvalue weighted by Gasteiger charge is 2.12. The molecule has 25 heavy (non-hydrogen) atoms. The number of ether oxygens (including phenoxy) is 1. The molecule has 3 aromatic carbocycles. The van der Waals surface area contributed by atoms with Crippen molar-refractivity contribution >= 4 is 32.6 Å². The first-order valence-corrected chi connectivity index (χ1v) is 9.01. The summed E-state index contributed by atoms with van der Waals surface area (Å²) < 4.78 is 28.4. The van der Waals surface area contributed by atoms with Crippen LogP contribution in [0.3, 0.4) is 0 Å². The summed E-state index contributed by atoms with van der Waals surface area (Å²) in [7, 11) is -3.82. The molecule has 0 aliphatic rings. The van der Waals surface area contributed by atoms with Gasteiger partial charge >= 0.3 is 6.09 Å². The molecular weight excluding hydrogens is 340 g/mol. The normalized spacial score (nSPS) is 11.2. The minimum Gasteiger partial charge on any atom is -0.444 e. The van der Waals surface area contributed by atoms with E-state index in [2.05, 4.69) is 5.32 Å². The number of benzene rings is 3. The first-order chi connectivity index (χ1) is 11.9. The molecule has 128 valence electrons. The molecule has 7 heteroatoms. The van der Waals surface area contributed by atoms with Crippen molar-refractivity contribution in [2.24, 2.45) is 5.14 Å². The number of anilines is 1. The summed E-state index contributed by atoms with van der Waals surface area (Å²) in [5.74, 6) is 0. The molecule has 0 bridgehead atoms. The van der Waals surface area contributed by atoms with Crippen molar-refractivity contribution < 1.29 is 17.9 Å². The van der Waals surface area contributed by atoms with E-state index in [0.717, 1.165) is 5.56 Å². The van der Waals surface area contributed by atoms with Gasteiger partial charge < -0.3 is 4.74 Å². The minimum atomic E-state index is -3.82. The first-order valence-electron chi connectivity index (χ1n) is 7.47. The highest BCUT2D eigenvalue weighted by Crippen LogP contribution is 2.25. The highest BCUT2D eigenvalue weighted by atomic mass is 32.2. The molecule has 6 nitrogen and oxygen atoms in total. The number of fused-ring (bicyclic) bond motifs is 1. The number of nitrogens with one attached hydrogen (secondary N) is 1. The van der Waals surface area contributed by atoms with Crippen molar-refractivity contribution in [2.75, 3.05) is 5.32 Å². The lowest BCUT2D eigenvalue weighted by molar-refractivity contribution is 0.155. The van der Waals surface area contributed by atoms with Crippen LogP contribution in [0.1, 0.15) is 5.56 Å². The highest BCUT2D eigenvalue weighted by molar-refractivity contribution is 7.89. The van der Waals surface area contributed by atoms with E-state index >= 15 is 0 Å². The predicted molar refractivity (Wildman–Crippen MR) is 95.6 cm³/mol. The molecule has 3 N–H and O–H groups in total. The number of carbonyl (C=O) groups is 1. The minimum absolute atomic E-state index is 0.0446. The molecule has 0 saturated heterocycles. The largest absolute Gasteiger partial charge is 0.444 e. The molecule has 0 saturated carbocycles. The second-order valence-corrected chi connectivity index (χ2v) is 6.95. The maximum atomic E-state index is 11.9. The van der Waals surface area contributed by atoms with Crippen molar-refractivity contribution in [2.45, 2.75) is 11.5 Å². The van der Waals surface area contributed by atoms with Gasteiger partial charge in [-0.05, 0) is 29.1 Å². The van der Waals surface area contributed by atoms with E-state index in [0.29, 0.717) is 16.5 Å². The summed E-state index contributed by atoms with van der Waals surface area (Å²) in [5, 5.41) is 8.98. The van der Waals surface area contributed by atoms with Gasteiger partial charge in [-0.15, -0.1) is 0 Å². The molecule has 3 rings (SSSR count). The molecular formula is C18H16N2O4S. The Morgan fingerprint density at radius 3 is 2.48 bits per heavy atom. The van der Waals surface area contributed by atoms with Gasteiger partial charge in [0.25, 0.3) is 0 Å². The Morgan fingerprint density at radius 1 is 1.00 bits per heavy atom. The summed E-state index contributed by atoms with van der Waals surface area (Å²) in [6.07, 6.45) is -0.592. The number of amides is 1. The van der Waals surface area contributed by atoms with E-state index in [-0.39, 0.29) is 11.5 Å². The van der Waals surface area contributed by atoms with Gasteiger partial charge in [0.2, 0.25) is 10.0 Å². The topological polar surface area (TPSA) is 98.5 Å². The Labute approximate surface area is 145 Å². The van der Waals surface area contributed by atoms with Crippen LogP contribution in [0.5, 0.6) is 0 Å². The van der Waals surface area contributed by atoms with Gasteiger partial charge in [0, 0.05) is 11.1 Å². The summed E-state index contributed by atoms with van der Waals surface area (Å²) >= 11 is 0. The van der Waals surface area contributed by atoms with Gasteiger partial charge in [0.05, 0.1) is 4.90 Å². The lowest BCUT2D eigenvalue weighted by Crippen LogP contribution is -2.14. The average molecular weight is 356 g/mol. The number of hydrogen-bond donors (Lipinski definition) is 2. The molecule has 0 aromatic heterocycles. The van der Waals surface area contributed by atoms with Crippen molar-refractivity contribution in [1.82, 2.24) is 0 Å². The zero-order valence-electron chi connectivity index (χ0n) is 13.2. The van der Waals surface area contributed by atoms with E-state index in [9.17, 15) is 13.2 Å². The number of primary sulfonamides is 1. The Kier molecular flexibility index (Phi) is 4.69. The number of nitrogens with two attached hydrogens (primary N) is 1. The van der Waals surface area contributed by atoms with Crippen molar-refractivity contribution in [3.8, 4) is 0 Å². The van der Waals surface area contributed by atoms with E-state index in [1.54, 1.807) is 30.3 Å². The molecule has 3 aromatic rings. The second-order valence-electron chi connectivity index (χ2n) is 5.42. The Morgan fingerprint density at radius 2 is 1.76 bits per heavy atom. The fourth-order valence-electron chi connectivity index (χ4n) is 2.46. The summed E-state index contributed by atoms with van der Waals surface area (Å²) in [6.45, 7) is 0.163. The monoisotopic (exact) mass is 356 g/mol. The van der Waals surface area contributed by atoms with E-state index in [1.807, 2.05) is 30.3 Å². The molecule has 1 amide bonds. The maximum absolute atomic E-state index is 11.9. The zero-order chi connectivity index (χ0) is 17.9. The second kappa shape index (κ2) is 6.92. The molecule has 0 radical (unpaired) electrons. The average Bonchev–Trinajstić information content (AvgIpc) is 2.59. The van der Waals surface area contributed by atoms with Gasteiger partial charge in [0.15, 0.2) is 0 Å². The lowest BCUT2D eigenvalue weighted by atomic mass is 10.1. The van der Waals surface area contributed by atoms with Gasteiger partial charge in [-0.25, -0.2) is 18.4 Å². The number of rotatable bonds is 4. The predicted octanol–water partition coefficient (Wildman–Crippen LogP) is 3.24. The van der Waals surface area contributed by atoms with Crippen LogP contribution in [-0.4, -0.2) is 14.5 Å². The number of hydrogen-bond acceptors (Lipinski definition) is 4. The quantitative estimate of drug-likeness (QED) is 0.750. The van der Waals surface area contributed by atoms with Crippen LogP contribution in [-0.2, 0) is 21.4 Å². The van der Waals surface area contributed by atoms with E-state index in [4.69, 9.17) is 9.88 Å². The molecule has 0 fully saturated rings. The maximum Gasteiger partial charge on any atom is 0.411 e. The summed E-state index contributed by atoms with van der Waals surface area (Å²) in [4.78, 5) is 11.9. The van der Waals surface area contributed by atoms with Crippen LogP contribution >= 0.6 is 0 Å². The molecule has 0 unspecified atom stereocenters. The van der Waals surface area contributed by atoms with Gasteiger partial charge in [-0.3, -0.25) is 5.32 Å². The molecule has 0 aliphatic carbocycles. The van der Waals surface area contributed by atoms with Gasteiger partial charge in [-0.2, -0.15) is 0 Å². The number of sulfonamides is 1. The summed E-state index contributed by atoms with van der Waals surface area (Å²) in [6, 6.07) is 19.0. The van der Waals surface area contributed by atoms with Crippen LogP contribution in [0.4, 0.5) is 10.5 Å². The number of carbonyl (C=O) groups excluding carboxylic acids is 1. The van der Waals surface area contributed by atoms with E-state index in [1.165, 1.54) is 6.07 Å². The smallest absolute Gasteiger partial charge is 0.411 e. The summed E-state index contributed by atoms with van der Waals surface area (Å²) in [5.41, 5.74) is 1.38. The van der Waals surface area contributed by atoms with Crippen LogP contribution in [0.15, 0.2) is 71.6 Å². The van der Waals surface area contributed by atoms with Crippen LogP contribution in [0.2, 0.25) is 0 Å². The van der Waals surface area contributed by atoms with Crippen LogP contribution in [0, 0.1) is 0 Å². The third kappa shape index (κ3) is 4.14. The Bertz CT molecular complexity index is 1020. The molecule has 0 spiro atoms. The third-order valence-electron chi connectivity index (χ3n) is 3.61. The van der Waals surface area contributed by atoms with Crippen molar-refractivity contribution in [1.29, 1.82) is 0 Å². The standard InChI is InChI=1S/C18H16N2O4S/c19-25(22,23)17-8-4-7-14-11-15(9-10-16(14)17)20-18(21)24-12-13-5-2-1-3-6-13/h1-11H,12H2,(H,20,21)(H2,19,22,23). The van der Waals surface area contributed by atoms with Gasteiger partial charge in [0.1, 0.15) is 6.61 Å². The van der Waals surface area contributed by atoms with Crippen molar-refractivity contribution in [3.63, 3.8) is 0 Å². The molecule has 0 heterocycles. The zero-order valence-corrected chi connectivity index (χ0v) is 14.0. The Balaban J connectivity index is 1.75. The van der Waals surface area contributed by atoms with E-state index < -0.39 is 16.1 Å². The fourth-order valence-corrected chi connectivity index (χ4v) is 3.22. The van der Waals surface area contributed by atoms with Crippen molar-refractivity contribution in [3.05, 3.63) is 72.3 Å². The van der Waals surface area contributed by atoms with Crippen LogP contribution in [0.25, 0.3) is 10.8 Å².